The Kier molecular flexibility index (Phi) is 7.50. The first-order valence-electron chi connectivity index (χ1n) is 9.55. The van der Waals surface area contributed by atoms with Crippen molar-refractivity contribution in [2.45, 2.75) is 12.5 Å². The number of aliphatic hydroxyl groups is 2. The highest BCUT2D eigenvalue weighted by molar-refractivity contribution is 6.46. The molecule has 6 nitrogen and oxygen atoms in total. The van der Waals surface area contributed by atoms with E-state index >= 15 is 0 Å². The van der Waals surface area contributed by atoms with Gasteiger partial charge in [0.2, 0.25) is 0 Å². The summed E-state index contributed by atoms with van der Waals surface area (Å²) in [6, 6.07) is 12.5. The van der Waals surface area contributed by atoms with Gasteiger partial charge in [0.15, 0.2) is 0 Å². The van der Waals surface area contributed by atoms with Gasteiger partial charge in [-0.05, 0) is 54.9 Å². The molecule has 0 aliphatic carbocycles. The molecular formula is C22H22Cl2N2O4. The number of aliphatic hydroxyl groups excluding tert-OH is 2. The third-order valence-electron chi connectivity index (χ3n) is 4.88. The van der Waals surface area contributed by atoms with E-state index in [2.05, 4.69) is 5.32 Å². The van der Waals surface area contributed by atoms with Crippen molar-refractivity contribution in [2.24, 2.45) is 0 Å². The van der Waals surface area contributed by atoms with Gasteiger partial charge < -0.3 is 20.4 Å². The fraction of sp³-hybridized carbons (Fsp3) is 0.273. The minimum atomic E-state index is -0.731. The number of nitrogens with one attached hydrogen (secondary N) is 1. The minimum absolute atomic E-state index is 0.0242. The smallest absolute Gasteiger partial charge is 0.295 e. The van der Waals surface area contributed by atoms with E-state index in [1.165, 1.54) is 4.90 Å². The van der Waals surface area contributed by atoms with Crippen LogP contribution in [0.5, 0.6) is 0 Å². The van der Waals surface area contributed by atoms with E-state index < -0.39 is 17.7 Å². The molecule has 158 valence electrons. The summed E-state index contributed by atoms with van der Waals surface area (Å²) in [5, 5.41) is 23.9. The number of nitrogens with zero attached hydrogens (tertiary/aromatic N) is 1. The summed E-state index contributed by atoms with van der Waals surface area (Å²) in [5.41, 5.74) is 1.12. The fourth-order valence-corrected chi connectivity index (χ4v) is 3.70. The summed E-state index contributed by atoms with van der Waals surface area (Å²) < 4.78 is 0. The van der Waals surface area contributed by atoms with Gasteiger partial charge >= 0.3 is 0 Å². The number of halogens is 2. The van der Waals surface area contributed by atoms with Crippen LogP contribution in [0.1, 0.15) is 23.6 Å². The molecule has 1 atom stereocenters. The molecule has 1 heterocycles. The minimum Gasteiger partial charge on any atom is -0.507 e. The van der Waals surface area contributed by atoms with Crippen molar-refractivity contribution in [1.29, 1.82) is 0 Å². The predicted molar refractivity (Wildman–Crippen MR) is 116 cm³/mol. The van der Waals surface area contributed by atoms with Crippen LogP contribution in [0.3, 0.4) is 0 Å². The Hall–Kier alpha value is -2.38. The average molecular weight is 449 g/mol. The van der Waals surface area contributed by atoms with Crippen LogP contribution in [0.2, 0.25) is 10.0 Å². The SMILES string of the molecule is O=C1C(=O)N(CCCNCCO)[C@@H](c2ccc(Cl)cc2)C1=C(O)c1ccc(Cl)cc1. The average Bonchev–Trinajstić information content (AvgIpc) is 2.99. The maximum absolute atomic E-state index is 12.9. The van der Waals surface area contributed by atoms with Crippen molar-refractivity contribution >= 4 is 40.7 Å². The number of carbonyl (C=O) groups is 2. The highest BCUT2D eigenvalue weighted by atomic mass is 35.5. The van der Waals surface area contributed by atoms with Crippen LogP contribution >= 0.6 is 23.2 Å². The zero-order chi connectivity index (χ0) is 21.7. The quantitative estimate of drug-likeness (QED) is 0.249. The maximum Gasteiger partial charge on any atom is 0.295 e. The fourth-order valence-electron chi connectivity index (χ4n) is 3.44. The normalized spacial score (nSPS) is 18.2. The van der Waals surface area contributed by atoms with Gasteiger partial charge in [-0.25, -0.2) is 0 Å². The van der Waals surface area contributed by atoms with E-state index in [0.717, 1.165) is 0 Å². The molecule has 1 aliphatic heterocycles. The second-order valence-corrected chi connectivity index (χ2v) is 7.75. The maximum atomic E-state index is 12.9. The monoisotopic (exact) mass is 448 g/mol. The van der Waals surface area contributed by atoms with Crippen molar-refractivity contribution in [3.8, 4) is 0 Å². The summed E-state index contributed by atoms with van der Waals surface area (Å²) in [6.07, 6.45) is 0.581. The Balaban J connectivity index is 1.99. The second-order valence-electron chi connectivity index (χ2n) is 6.88. The molecule has 1 fully saturated rings. The van der Waals surface area contributed by atoms with Crippen molar-refractivity contribution in [1.82, 2.24) is 10.2 Å². The largest absolute Gasteiger partial charge is 0.507 e. The summed E-state index contributed by atoms with van der Waals surface area (Å²) in [6.45, 7) is 1.37. The van der Waals surface area contributed by atoms with E-state index in [1.54, 1.807) is 48.5 Å². The van der Waals surface area contributed by atoms with Gasteiger partial charge in [0, 0.05) is 28.7 Å². The van der Waals surface area contributed by atoms with Crippen LogP contribution in [0.15, 0.2) is 54.1 Å². The first-order chi connectivity index (χ1) is 14.4. The molecule has 2 aromatic carbocycles. The molecule has 2 aromatic rings. The number of amides is 1. The van der Waals surface area contributed by atoms with Crippen LogP contribution in [-0.4, -0.2) is 53.0 Å². The molecule has 30 heavy (non-hydrogen) atoms. The Bertz CT molecular complexity index is 943. The van der Waals surface area contributed by atoms with Gasteiger partial charge in [-0.2, -0.15) is 0 Å². The molecule has 0 radical (unpaired) electrons. The van der Waals surface area contributed by atoms with Gasteiger partial charge in [-0.15, -0.1) is 0 Å². The van der Waals surface area contributed by atoms with Gasteiger partial charge in [0.05, 0.1) is 18.2 Å². The van der Waals surface area contributed by atoms with Crippen molar-refractivity contribution in [3.63, 3.8) is 0 Å². The first-order valence-corrected chi connectivity index (χ1v) is 10.3. The third-order valence-corrected chi connectivity index (χ3v) is 5.39. The number of benzene rings is 2. The lowest BCUT2D eigenvalue weighted by atomic mass is 9.95. The highest BCUT2D eigenvalue weighted by Crippen LogP contribution is 2.39. The van der Waals surface area contributed by atoms with Crippen molar-refractivity contribution in [2.75, 3.05) is 26.2 Å². The van der Waals surface area contributed by atoms with Crippen LogP contribution in [-0.2, 0) is 9.59 Å². The van der Waals surface area contributed by atoms with E-state index in [4.69, 9.17) is 28.3 Å². The molecule has 0 spiro atoms. The molecule has 0 unspecified atom stereocenters. The van der Waals surface area contributed by atoms with E-state index in [0.29, 0.717) is 47.2 Å². The van der Waals surface area contributed by atoms with E-state index in [9.17, 15) is 14.7 Å². The van der Waals surface area contributed by atoms with Gasteiger partial charge in [0.25, 0.3) is 11.7 Å². The molecule has 1 saturated heterocycles. The molecule has 0 saturated carbocycles. The van der Waals surface area contributed by atoms with E-state index in [1.807, 2.05) is 0 Å². The molecule has 3 N–H and O–H groups in total. The molecule has 1 aliphatic rings. The Morgan fingerprint density at radius 2 is 1.57 bits per heavy atom. The van der Waals surface area contributed by atoms with Gasteiger partial charge in [0.1, 0.15) is 5.76 Å². The lowest BCUT2D eigenvalue weighted by Crippen LogP contribution is -2.32. The molecule has 0 bridgehead atoms. The number of hydrogen-bond donors (Lipinski definition) is 3. The third kappa shape index (κ3) is 4.84. The number of ketones is 1. The van der Waals surface area contributed by atoms with Gasteiger partial charge in [-0.3, -0.25) is 9.59 Å². The summed E-state index contributed by atoms with van der Waals surface area (Å²) >= 11 is 11.9. The lowest BCUT2D eigenvalue weighted by Gasteiger charge is -2.25. The molecule has 3 rings (SSSR count). The first kappa shape index (κ1) is 22.3. The zero-order valence-corrected chi connectivity index (χ0v) is 17.7. The van der Waals surface area contributed by atoms with Crippen molar-refractivity contribution in [3.05, 3.63) is 75.3 Å². The lowest BCUT2D eigenvalue weighted by molar-refractivity contribution is -0.139. The van der Waals surface area contributed by atoms with Crippen LogP contribution in [0, 0.1) is 0 Å². The number of carbonyl (C=O) groups excluding carboxylic acids is 2. The number of hydrogen-bond acceptors (Lipinski definition) is 5. The molecule has 0 aromatic heterocycles. The highest BCUT2D eigenvalue weighted by Gasteiger charge is 2.45. The van der Waals surface area contributed by atoms with Crippen LogP contribution in [0.25, 0.3) is 5.76 Å². The van der Waals surface area contributed by atoms with Crippen molar-refractivity contribution < 1.29 is 19.8 Å². The molecule has 1 amide bonds. The van der Waals surface area contributed by atoms with Crippen LogP contribution in [0.4, 0.5) is 0 Å². The van der Waals surface area contributed by atoms with E-state index in [-0.39, 0.29) is 17.9 Å². The Morgan fingerprint density at radius 3 is 2.17 bits per heavy atom. The Labute approximate surface area is 184 Å². The Morgan fingerprint density at radius 1 is 0.967 bits per heavy atom. The molecular weight excluding hydrogens is 427 g/mol. The standard InChI is InChI=1S/C22H22Cl2N2O4/c23-16-6-2-14(3-7-16)19-18(20(28)15-4-8-17(24)9-5-15)21(29)22(30)26(19)12-1-10-25-11-13-27/h2-9,19,25,27-28H,1,10-13H2/t19-/m0/s1. The second kappa shape index (κ2) is 10.1. The predicted octanol–water partition coefficient (Wildman–Crippen LogP) is 3.39. The van der Waals surface area contributed by atoms with Crippen LogP contribution < -0.4 is 5.32 Å². The summed E-state index contributed by atoms with van der Waals surface area (Å²) in [7, 11) is 0. The number of likely N-dealkylation sites (tertiary alicyclic amines) is 1. The number of rotatable bonds is 8. The number of Topliss-reactive ketones (excluding diaryl/α,β-unsaturated/α-hetero) is 1. The summed E-state index contributed by atoms with van der Waals surface area (Å²) in [5.74, 6) is -1.63. The van der Waals surface area contributed by atoms with Gasteiger partial charge in [-0.1, -0.05) is 35.3 Å². The molecule has 8 heteroatoms. The topological polar surface area (TPSA) is 89.9 Å². The summed E-state index contributed by atoms with van der Waals surface area (Å²) in [4.78, 5) is 27.1. The zero-order valence-electron chi connectivity index (χ0n) is 16.1.